The van der Waals surface area contributed by atoms with E-state index in [1.165, 1.54) is 0 Å². The molecule has 0 radical (unpaired) electrons. The van der Waals surface area contributed by atoms with E-state index in [4.69, 9.17) is 9.84 Å². The molecule has 1 aliphatic rings. The third-order valence-electron chi connectivity index (χ3n) is 4.28. The van der Waals surface area contributed by atoms with Crippen molar-refractivity contribution < 1.29 is 14.6 Å². The molecule has 0 aromatic heterocycles. The Morgan fingerprint density at radius 1 is 1.39 bits per heavy atom. The lowest BCUT2D eigenvalue weighted by atomic mass is 9.94. The summed E-state index contributed by atoms with van der Waals surface area (Å²) >= 11 is 0. The maximum atomic E-state index is 12.6. The van der Waals surface area contributed by atoms with Crippen LogP contribution in [0.3, 0.4) is 0 Å². The zero-order chi connectivity index (χ0) is 16.7. The van der Waals surface area contributed by atoms with E-state index in [1.54, 1.807) is 12.1 Å². The molecule has 1 aliphatic heterocycles. The first-order valence-electron chi connectivity index (χ1n) is 8.23. The molecule has 1 fully saturated rings. The highest BCUT2D eigenvalue weighted by Crippen LogP contribution is 2.23. The lowest BCUT2D eigenvalue weighted by molar-refractivity contribution is -0.123. The first kappa shape index (κ1) is 17.7. The molecule has 4 N–H and O–H groups in total. The number of aliphatic hydroxyl groups excluding tert-OH is 1. The normalized spacial score (nSPS) is 20.6. The number of hydrogen-bond acceptors (Lipinski definition) is 5. The molecule has 3 unspecified atom stereocenters. The van der Waals surface area contributed by atoms with Gasteiger partial charge in [-0.3, -0.25) is 4.79 Å². The molecule has 6 heteroatoms. The van der Waals surface area contributed by atoms with E-state index in [2.05, 4.69) is 16.0 Å². The molecule has 3 atom stereocenters. The van der Waals surface area contributed by atoms with Crippen LogP contribution in [0.15, 0.2) is 24.3 Å². The van der Waals surface area contributed by atoms with Crippen molar-refractivity contribution in [3.63, 3.8) is 0 Å². The van der Waals surface area contributed by atoms with Crippen LogP contribution in [0.2, 0.25) is 0 Å². The third kappa shape index (κ3) is 4.92. The highest BCUT2D eigenvalue weighted by Gasteiger charge is 2.25. The second kappa shape index (κ2) is 8.86. The summed E-state index contributed by atoms with van der Waals surface area (Å²) in [7, 11) is 0. The van der Waals surface area contributed by atoms with Crippen LogP contribution in [-0.4, -0.2) is 49.5 Å². The van der Waals surface area contributed by atoms with Crippen molar-refractivity contribution in [2.75, 3.05) is 26.4 Å². The number of hydrogen-bond donors (Lipinski definition) is 4. The van der Waals surface area contributed by atoms with Crippen LogP contribution in [0.5, 0.6) is 5.75 Å². The standard InChI is InChI=1S/C17H27N3O3/c1-3-15(13-4-6-14(7-5-13)23-11-21)17(22)20-12(2)16-10-18-8-9-19-16/h4-7,12,15-16,18-19,21H,3,8-11H2,1-2H3,(H,20,22). The van der Waals surface area contributed by atoms with Crippen molar-refractivity contribution in [1.29, 1.82) is 0 Å². The molecule has 0 bridgehead atoms. The quantitative estimate of drug-likeness (QED) is 0.552. The van der Waals surface area contributed by atoms with Crippen molar-refractivity contribution in [1.82, 2.24) is 16.0 Å². The molecule has 128 valence electrons. The van der Waals surface area contributed by atoms with E-state index in [1.807, 2.05) is 26.0 Å². The highest BCUT2D eigenvalue weighted by molar-refractivity contribution is 5.83. The number of piperazine rings is 1. The summed E-state index contributed by atoms with van der Waals surface area (Å²) in [5, 5.41) is 18.6. The molecule has 1 aromatic carbocycles. The number of carbonyl (C=O) groups excluding carboxylic acids is 1. The van der Waals surface area contributed by atoms with Crippen molar-refractivity contribution in [3.8, 4) is 5.75 Å². The van der Waals surface area contributed by atoms with Crippen molar-refractivity contribution in [2.24, 2.45) is 0 Å². The Labute approximate surface area is 137 Å². The predicted molar refractivity (Wildman–Crippen MR) is 89.5 cm³/mol. The monoisotopic (exact) mass is 321 g/mol. The SMILES string of the molecule is CCC(C(=O)NC(C)C1CNCCN1)c1ccc(OCO)cc1. The fourth-order valence-corrected chi connectivity index (χ4v) is 2.90. The van der Waals surface area contributed by atoms with E-state index < -0.39 is 0 Å². The minimum absolute atomic E-state index is 0.0446. The Kier molecular flexibility index (Phi) is 6.83. The lowest BCUT2D eigenvalue weighted by Gasteiger charge is -2.31. The number of benzene rings is 1. The van der Waals surface area contributed by atoms with E-state index >= 15 is 0 Å². The van der Waals surface area contributed by atoms with Gasteiger partial charge in [-0.25, -0.2) is 0 Å². The summed E-state index contributed by atoms with van der Waals surface area (Å²) in [6, 6.07) is 7.63. The van der Waals surface area contributed by atoms with Crippen molar-refractivity contribution in [2.45, 2.75) is 38.3 Å². The average Bonchev–Trinajstić information content (AvgIpc) is 2.58. The van der Waals surface area contributed by atoms with Crippen molar-refractivity contribution >= 4 is 5.91 Å². The molecule has 1 saturated heterocycles. The first-order chi connectivity index (χ1) is 11.2. The summed E-state index contributed by atoms with van der Waals surface area (Å²) in [5.41, 5.74) is 0.956. The number of rotatable bonds is 7. The van der Waals surface area contributed by atoms with Gasteiger partial charge in [0.25, 0.3) is 0 Å². The summed E-state index contributed by atoms with van der Waals surface area (Å²) in [6.45, 7) is 6.45. The van der Waals surface area contributed by atoms with Gasteiger partial charge >= 0.3 is 0 Å². The Hall–Kier alpha value is -1.63. The molecular weight excluding hydrogens is 294 g/mol. The molecule has 1 amide bonds. The Bertz CT molecular complexity index is 486. The van der Waals surface area contributed by atoms with Crippen LogP contribution in [0, 0.1) is 0 Å². The van der Waals surface area contributed by atoms with Crippen LogP contribution in [0.1, 0.15) is 31.7 Å². The molecule has 0 saturated carbocycles. The molecule has 1 heterocycles. The van der Waals surface area contributed by atoms with Crippen LogP contribution in [-0.2, 0) is 4.79 Å². The number of aliphatic hydroxyl groups is 1. The number of amides is 1. The Balaban J connectivity index is 1.97. The number of nitrogens with one attached hydrogen (secondary N) is 3. The largest absolute Gasteiger partial charge is 0.468 e. The average molecular weight is 321 g/mol. The molecular formula is C17H27N3O3. The van der Waals surface area contributed by atoms with Gasteiger partial charge in [-0.2, -0.15) is 0 Å². The molecule has 0 aliphatic carbocycles. The first-order valence-corrected chi connectivity index (χ1v) is 8.23. The van der Waals surface area contributed by atoms with Gasteiger partial charge in [0, 0.05) is 31.7 Å². The van der Waals surface area contributed by atoms with Gasteiger partial charge in [0.2, 0.25) is 5.91 Å². The fourth-order valence-electron chi connectivity index (χ4n) is 2.90. The predicted octanol–water partition coefficient (Wildman–Crippen LogP) is 0.575. The van der Waals surface area contributed by atoms with Gasteiger partial charge in [0.15, 0.2) is 6.79 Å². The zero-order valence-electron chi connectivity index (χ0n) is 13.8. The van der Waals surface area contributed by atoms with Crippen molar-refractivity contribution in [3.05, 3.63) is 29.8 Å². The van der Waals surface area contributed by atoms with E-state index in [9.17, 15) is 4.79 Å². The third-order valence-corrected chi connectivity index (χ3v) is 4.28. The summed E-state index contributed by atoms with van der Waals surface area (Å²) < 4.78 is 5.02. The number of ether oxygens (including phenoxy) is 1. The van der Waals surface area contributed by atoms with E-state index in [-0.39, 0.29) is 30.7 Å². The Morgan fingerprint density at radius 3 is 2.70 bits per heavy atom. The van der Waals surface area contributed by atoms with Gasteiger partial charge in [0.05, 0.1) is 5.92 Å². The van der Waals surface area contributed by atoms with Gasteiger partial charge in [0.1, 0.15) is 5.75 Å². The number of carbonyl (C=O) groups is 1. The minimum atomic E-state index is -0.350. The fraction of sp³-hybridized carbons (Fsp3) is 0.588. The molecule has 23 heavy (non-hydrogen) atoms. The van der Waals surface area contributed by atoms with Crippen LogP contribution in [0.25, 0.3) is 0 Å². The molecule has 6 nitrogen and oxygen atoms in total. The van der Waals surface area contributed by atoms with E-state index in [0.29, 0.717) is 5.75 Å². The summed E-state index contributed by atoms with van der Waals surface area (Å²) in [6.07, 6.45) is 0.731. The zero-order valence-corrected chi connectivity index (χ0v) is 13.8. The molecule has 2 rings (SSSR count). The van der Waals surface area contributed by atoms with Crippen LogP contribution in [0.4, 0.5) is 0 Å². The molecule has 0 spiro atoms. The topological polar surface area (TPSA) is 82.6 Å². The summed E-state index contributed by atoms with van der Waals surface area (Å²) in [5.74, 6) is 0.456. The van der Waals surface area contributed by atoms with Gasteiger partial charge < -0.3 is 25.8 Å². The maximum Gasteiger partial charge on any atom is 0.227 e. The summed E-state index contributed by atoms with van der Waals surface area (Å²) in [4.78, 5) is 12.6. The van der Waals surface area contributed by atoms with Gasteiger partial charge in [-0.1, -0.05) is 19.1 Å². The Morgan fingerprint density at radius 2 is 2.13 bits per heavy atom. The van der Waals surface area contributed by atoms with Crippen LogP contribution < -0.4 is 20.7 Å². The second-order valence-electron chi connectivity index (χ2n) is 5.87. The highest BCUT2D eigenvalue weighted by atomic mass is 16.6. The lowest BCUT2D eigenvalue weighted by Crippen LogP contribution is -2.58. The second-order valence-corrected chi connectivity index (χ2v) is 5.87. The van der Waals surface area contributed by atoms with Gasteiger partial charge in [-0.05, 0) is 31.0 Å². The van der Waals surface area contributed by atoms with Crippen LogP contribution >= 0.6 is 0 Å². The smallest absolute Gasteiger partial charge is 0.227 e. The maximum absolute atomic E-state index is 12.6. The minimum Gasteiger partial charge on any atom is -0.468 e. The van der Waals surface area contributed by atoms with E-state index in [0.717, 1.165) is 31.6 Å². The van der Waals surface area contributed by atoms with Gasteiger partial charge in [-0.15, -0.1) is 0 Å². The molecule has 1 aromatic rings.